The minimum atomic E-state index is -0.342. The number of carbonyl (C=O) groups excluding carboxylic acids is 1. The van der Waals surface area contributed by atoms with Crippen molar-refractivity contribution in [2.45, 2.75) is 6.54 Å². The molecule has 0 saturated carbocycles. The average Bonchev–Trinajstić information content (AvgIpc) is 3.28. The Morgan fingerprint density at radius 3 is 3.04 bits per heavy atom. The van der Waals surface area contributed by atoms with Gasteiger partial charge >= 0.3 is 0 Å². The number of amides is 1. The van der Waals surface area contributed by atoms with Crippen LogP contribution < -0.4 is 19.5 Å². The summed E-state index contributed by atoms with van der Waals surface area (Å²) >= 11 is 7.36. The summed E-state index contributed by atoms with van der Waals surface area (Å²) in [6.45, 7) is 0.529. The molecule has 0 unspecified atom stereocenters. The van der Waals surface area contributed by atoms with Gasteiger partial charge in [0, 0.05) is 22.5 Å². The maximum Gasteiger partial charge on any atom is 0.258 e. The Bertz CT molecular complexity index is 963. The van der Waals surface area contributed by atoms with Gasteiger partial charge in [0.15, 0.2) is 11.5 Å². The van der Waals surface area contributed by atoms with Crippen LogP contribution in [0.2, 0.25) is 5.02 Å². The third-order valence-corrected chi connectivity index (χ3v) is 4.81. The highest BCUT2D eigenvalue weighted by Crippen LogP contribution is 2.36. The summed E-state index contributed by atoms with van der Waals surface area (Å²) in [6.07, 6.45) is 2.73. The zero-order chi connectivity index (χ0) is 17.9. The molecular weight excluding hydrogens is 378 g/mol. The van der Waals surface area contributed by atoms with Crippen molar-refractivity contribution in [2.75, 3.05) is 6.79 Å². The van der Waals surface area contributed by atoms with Crippen LogP contribution in [0.4, 0.5) is 0 Å². The molecule has 132 valence electrons. The van der Waals surface area contributed by atoms with E-state index < -0.39 is 0 Å². The Balaban J connectivity index is 1.50. The zero-order valence-corrected chi connectivity index (χ0v) is 14.8. The molecule has 1 aromatic carbocycles. The van der Waals surface area contributed by atoms with Gasteiger partial charge < -0.3 is 19.5 Å². The Morgan fingerprint density at radius 2 is 2.19 bits per heavy atom. The second-order valence-electron chi connectivity index (χ2n) is 5.27. The second-order valence-corrected chi connectivity index (χ2v) is 6.70. The Labute approximate surface area is 157 Å². The van der Waals surface area contributed by atoms with E-state index in [0.717, 1.165) is 4.88 Å². The summed E-state index contributed by atoms with van der Waals surface area (Å²) in [6, 6.07) is 6.93. The lowest BCUT2D eigenvalue weighted by atomic mass is 10.3. The molecule has 1 aliphatic rings. The van der Waals surface area contributed by atoms with Crippen LogP contribution in [0.3, 0.4) is 0 Å². The number of halogens is 1. The summed E-state index contributed by atoms with van der Waals surface area (Å²) in [4.78, 5) is 21.4. The Hall–Kier alpha value is -2.84. The van der Waals surface area contributed by atoms with E-state index in [1.807, 2.05) is 5.38 Å². The van der Waals surface area contributed by atoms with E-state index in [0.29, 0.717) is 28.8 Å². The van der Waals surface area contributed by atoms with Crippen molar-refractivity contribution in [3.05, 3.63) is 57.6 Å². The van der Waals surface area contributed by atoms with Crippen LogP contribution in [-0.4, -0.2) is 22.7 Å². The maximum atomic E-state index is 12.5. The third kappa shape index (κ3) is 3.56. The molecule has 4 rings (SSSR count). The first-order chi connectivity index (χ1) is 12.7. The van der Waals surface area contributed by atoms with Gasteiger partial charge in [-0.25, -0.2) is 9.97 Å². The molecule has 1 amide bonds. The number of nitrogens with one attached hydrogen (secondary N) is 1. The number of hydrogen-bond acceptors (Lipinski definition) is 7. The molecule has 26 heavy (non-hydrogen) atoms. The molecule has 1 aliphatic heterocycles. The molecule has 0 aliphatic carbocycles. The van der Waals surface area contributed by atoms with Crippen molar-refractivity contribution < 1.29 is 19.0 Å². The summed E-state index contributed by atoms with van der Waals surface area (Å²) in [5.41, 5.74) is 0.229. The molecule has 2 aromatic heterocycles. The molecule has 3 heterocycles. The normalized spacial score (nSPS) is 12.0. The van der Waals surface area contributed by atoms with E-state index in [1.165, 1.54) is 23.9 Å². The second kappa shape index (κ2) is 7.19. The van der Waals surface area contributed by atoms with Crippen molar-refractivity contribution in [1.82, 2.24) is 15.3 Å². The minimum absolute atomic E-state index is 0.153. The number of hydrogen-bond donors (Lipinski definition) is 1. The number of thiophene rings is 1. The lowest BCUT2D eigenvalue weighted by molar-refractivity contribution is 0.0948. The Morgan fingerprint density at radius 1 is 1.31 bits per heavy atom. The van der Waals surface area contributed by atoms with Crippen LogP contribution in [0.25, 0.3) is 0 Å². The van der Waals surface area contributed by atoms with Crippen molar-refractivity contribution in [1.29, 1.82) is 0 Å². The standard InChI is InChI=1S/C17H12ClN3O4S/c18-10-3-12(26-7-10)5-20-16(22)13-6-19-8-21-17(13)25-11-1-2-14-15(4-11)24-9-23-14/h1-4,6-8H,5,9H2,(H,20,22). The summed E-state index contributed by atoms with van der Waals surface area (Å²) in [5, 5.41) is 5.26. The van der Waals surface area contributed by atoms with E-state index in [9.17, 15) is 4.79 Å². The van der Waals surface area contributed by atoms with Crippen LogP contribution in [0, 0.1) is 0 Å². The van der Waals surface area contributed by atoms with Crippen molar-refractivity contribution >= 4 is 28.8 Å². The molecule has 0 saturated heterocycles. The van der Waals surface area contributed by atoms with Gasteiger partial charge in [-0.1, -0.05) is 11.6 Å². The molecule has 9 heteroatoms. The van der Waals surface area contributed by atoms with Crippen LogP contribution in [0.1, 0.15) is 15.2 Å². The fourth-order valence-corrected chi connectivity index (χ4v) is 3.33. The van der Waals surface area contributed by atoms with Gasteiger partial charge in [-0.3, -0.25) is 4.79 Å². The topological polar surface area (TPSA) is 82.6 Å². The number of ether oxygens (including phenoxy) is 3. The number of carbonyl (C=O) groups is 1. The number of fused-ring (bicyclic) bond motifs is 1. The van der Waals surface area contributed by atoms with Gasteiger partial charge in [0.05, 0.1) is 11.6 Å². The van der Waals surface area contributed by atoms with Gasteiger partial charge in [0.2, 0.25) is 12.7 Å². The highest BCUT2D eigenvalue weighted by molar-refractivity contribution is 7.10. The molecule has 7 nitrogen and oxygen atoms in total. The molecule has 0 fully saturated rings. The van der Waals surface area contributed by atoms with Crippen LogP contribution in [0.15, 0.2) is 42.2 Å². The predicted molar refractivity (Wildman–Crippen MR) is 95.2 cm³/mol. The van der Waals surface area contributed by atoms with Crippen molar-refractivity contribution in [3.8, 4) is 23.1 Å². The highest BCUT2D eigenvalue weighted by atomic mass is 35.5. The van der Waals surface area contributed by atoms with Crippen molar-refractivity contribution in [3.63, 3.8) is 0 Å². The quantitative estimate of drug-likeness (QED) is 0.717. The average molecular weight is 390 g/mol. The van der Waals surface area contributed by atoms with E-state index in [-0.39, 0.29) is 24.1 Å². The summed E-state index contributed by atoms with van der Waals surface area (Å²) < 4.78 is 16.3. The lowest BCUT2D eigenvalue weighted by Crippen LogP contribution is -2.23. The molecular formula is C17H12ClN3O4S. The van der Waals surface area contributed by atoms with Gasteiger partial charge in [-0.05, 0) is 18.2 Å². The van der Waals surface area contributed by atoms with Crippen LogP contribution >= 0.6 is 22.9 Å². The number of benzene rings is 1. The smallest absolute Gasteiger partial charge is 0.258 e. The number of nitrogens with zero attached hydrogens (tertiary/aromatic N) is 2. The predicted octanol–water partition coefficient (Wildman–Crippen LogP) is 3.64. The molecule has 1 N–H and O–H groups in total. The first-order valence-corrected chi connectivity index (χ1v) is 8.83. The first-order valence-electron chi connectivity index (χ1n) is 7.57. The minimum Gasteiger partial charge on any atom is -0.454 e. The fourth-order valence-electron chi connectivity index (χ4n) is 2.32. The largest absolute Gasteiger partial charge is 0.454 e. The van der Waals surface area contributed by atoms with Gasteiger partial charge in [-0.15, -0.1) is 11.3 Å². The molecule has 0 radical (unpaired) electrons. The Kier molecular flexibility index (Phi) is 4.59. The fraction of sp³-hybridized carbons (Fsp3) is 0.118. The van der Waals surface area contributed by atoms with Crippen molar-refractivity contribution in [2.24, 2.45) is 0 Å². The molecule has 0 atom stereocenters. The first kappa shape index (κ1) is 16.6. The number of aromatic nitrogens is 2. The van der Waals surface area contributed by atoms with Crippen LogP contribution in [-0.2, 0) is 6.54 Å². The SMILES string of the molecule is O=C(NCc1cc(Cl)cs1)c1cncnc1Oc1ccc2c(c1)OCO2. The third-order valence-electron chi connectivity index (χ3n) is 3.52. The van der Waals surface area contributed by atoms with Gasteiger partial charge in [0.1, 0.15) is 17.6 Å². The summed E-state index contributed by atoms with van der Waals surface area (Å²) in [7, 11) is 0. The van der Waals surface area contributed by atoms with E-state index in [1.54, 1.807) is 24.3 Å². The monoisotopic (exact) mass is 389 g/mol. The zero-order valence-electron chi connectivity index (χ0n) is 13.3. The van der Waals surface area contributed by atoms with E-state index in [2.05, 4.69) is 15.3 Å². The van der Waals surface area contributed by atoms with E-state index >= 15 is 0 Å². The molecule has 3 aromatic rings. The van der Waals surface area contributed by atoms with Gasteiger partial charge in [-0.2, -0.15) is 0 Å². The maximum absolute atomic E-state index is 12.5. The number of rotatable bonds is 5. The molecule has 0 spiro atoms. The lowest BCUT2D eigenvalue weighted by Gasteiger charge is -2.10. The van der Waals surface area contributed by atoms with E-state index in [4.69, 9.17) is 25.8 Å². The van der Waals surface area contributed by atoms with Gasteiger partial charge in [0.25, 0.3) is 5.91 Å². The van der Waals surface area contributed by atoms with Crippen LogP contribution in [0.5, 0.6) is 23.1 Å². The highest BCUT2D eigenvalue weighted by Gasteiger charge is 2.18. The summed E-state index contributed by atoms with van der Waals surface area (Å²) in [5.74, 6) is 1.52. The molecule has 0 bridgehead atoms.